The third-order valence-electron chi connectivity index (χ3n) is 6.67. The van der Waals surface area contributed by atoms with Crippen LogP contribution in [0.4, 0.5) is 0 Å². The van der Waals surface area contributed by atoms with Gasteiger partial charge >= 0.3 is 5.69 Å². The van der Waals surface area contributed by atoms with Gasteiger partial charge in [0.1, 0.15) is 30.1 Å². The quantitative estimate of drug-likeness (QED) is 0.170. The lowest BCUT2D eigenvalue weighted by atomic mass is 10.3. The minimum Gasteiger partial charge on any atom is -0.316 e. The highest BCUT2D eigenvalue weighted by Gasteiger charge is 2.34. The molecule has 2 aromatic heterocycles. The predicted molar refractivity (Wildman–Crippen MR) is 164 cm³/mol. The Balaban J connectivity index is 1.31. The Morgan fingerprint density at radius 2 is 1.13 bits per heavy atom. The second kappa shape index (κ2) is 10.9. The van der Waals surface area contributed by atoms with Crippen molar-refractivity contribution < 1.29 is 9.25 Å². The summed E-state index contributed by atoms with van der Waals surface area (Å²) in [6, 6.07) is 37.6. The molecule has 0 aliphatic rings. The molecule has 39 heavy (non-hydrogen) atoms. The second-order valence-electron chi connectivity index (χ2n) is 9.16. The summed E-state index contributed by atoms with van der Waals surface area (Å²) < 4.78 is 12.7. The monoisotopic (exact) mass is 588 g/mol. The largest absolute Gasteiger partial charge is 0.392 e. The Morgan fingerprint density at radius 1 is 0.692 bits per heavy atom. The first-order chi connectivity index (χ1) is 19.0. The molecule has 6 rings (SSSR count). The van der Waals surface area contributed by atoms with Gasteiger partial charge < -0.3 is 9.25 Å². The molecule has 8 nitrogen and oxygen atoms in total. The molecule has 4 aromatic carbocycles. The maximum Gasteiger partial charge on any atom is 0.392 e. The molecule has 0 saturated carbocycles. The number of benzene rings is 4. The second-order valence-corrected chi connectivity index (χ2v) is 19.7. The van der Waals surface area contributed by atoms with Crippen LogP contribution in [0.2, 0.25) is 12.6 Å². The Morgan fingerprint density at radius 3 is 1.62 bits per heavy atom. The van der Waals surface area contributed by atoms with Crippen LogP contribution in [0.25, 0.3) is 22.1 Å². The van der Waals surface area contributed by atoms with Gasteiger partial charge in [0.05, 0.1) is 0 Å². The minimum atomic E-state index is -3.08. The zero-order valence-corrected chi connectivity index (χ0v) is 24.6. The number of aromatic nitrogens is 6. The van der Waals surface area contributed by atoms with E-state index in [2.05, 4.69) is 87.8 Å². The Kier molecular flexibility index (Phi) is 7.22. The van der Waals surface area contributed by atoms with Crippen molar-refractivity contribution in [1.29, 1.82) is 0 Å². The number of rotatable bonds is 10. The lowest BCUT2D eigenvalue weighted by Gasteiger charge is -2.29. The summed E-state index contributed by atoms with van der Waals surface area (Å²) in [6.45, 7) is 2.40. The van der Waals surface area contributed by atoms with E-state index in [1.165, 1.54) is 31.4 Å². The van der Waals surface area contributed by atoms with E-state index in [1.807, 2.05) is 48.5 Å². The molecule has 0 atom stereocenters. The van der Waals surface area contributed by atoms with Crippen molar-refractivity contribution in [2.45, 2.75) is 12.6 Å². The zero-order valence-electron chi connectivity index (χ0n) is 21.1. The van der Waals surface area contributed by atoms with Crippen molar-refractivity contribution in [3.8, 4) is 0 Å². The molecule has 0 radical (unpaired) electrons. The molecular weight excluding hydrogens is 564 g/mol. The van der Waals surface area contributed by atoms with E-state index in [-0.39, 0.29) is 0 Å². The van der Waals surface area contributed by atoms with Gasteiger partial charge in [-0.3, -0.25) is 0 Å². The molecule has 12 heteroatoms. The molecule has 0 unspecified atom stereocenters. The lowest BCUT2D eigenvalue weighted by molar-refractivity contribution is 0.187. The number of fused-ring (bicyclic) bond motifs is 2. The molecule has 0 spiro atoms. The standard InChI is InChI=1S/C27H25N6O2PS2Si/c1-39(22-12-4-2-5-13-22,23-14-6-3-7-15-23)21-20-38-36(37,34-32-26-18-10-8-16-24(26)28-30-32)35-33-27-19-11-9-17-25(27)29-31-33/h2-19H,20-21H2,1H3. The van der Waals surface area contributed by atoms with Crippen LogP contribution >= 0.6 is 17.1 Å². The first kappa shape index (κ1) is 25.8. The van der Waals surface area contributed by atoms with Crippen LogP contribution in [0, 0.1) is 0 Å². The molecule has 0 aliphatic heterocycles. The topological polar surface area (TPSA) is 79.9 Å². The lowest BCUT2D eigenvalue weighted by Crippen LogP contribution is -2.55. The number of hydrogen-bond donors (Lipinski definition) is 0. The first-order valence-corrected chi connectivity index (χ1v) is 19.3. The van der Waals surface area contributed by atoms with Gasteiger partial charge in [-0.25, -0.2) is 0 Å². The molecular formula is C27H25N6O2PS2Si. The normalized spacial score (nSPS) is 12.1. The summed E-state index contributed by atoms with van der Waals surface area (Å²) in [6.07, 6.45) is 0. The molecule has 0 amide bonds. The summed E-state index contributed by atoms with van der Waals surface area (Å²) in [5, 5.41) is 19.6. The molecule has 0 N–H and O–H groups in total. The summed E-state index contributed by atoms with van der Waals surface area (Å²) in [5.74, 6) is 0.725. The van der Waals surface area contributed by atoms with E-state index >= 15 is 0 Å². The maximum absolute atomic E-state index is 6.34. The van der Waals surface area contributed by atoms with Crippen molar-refractivity contribution in [3.63, 3.8) is 0 Å². The molecule has 196 valence electrons. The van der Waals surface area contributed by atoms with Crippen LogP contribution < -0.4 is 19.6 Å². The van der Waals surface area contributed by atoms with E-state index in [9.17, 15) is 0 Å². The number of nitrogens with zero attached hydrogens (tertiary/aromatic N) is 6. The van der Waals surface area contributed by atoms with Gasteiger partial charge in [0, 0.05) is 17.6 Å². The van der Waals surface area contributed by atoms with Gasteiger partial charge in [-0.1, -0.05) is 112 Å². The summed E-state index contributed by atoms with van der Waals surface area (Å²) in [7, 11) is -2.08. The number of hydrogen-bond acceptors (Lipinski definition) is 8. The Bertz CT molecular complexity index is 1650. The highest BCUT2D eigenvalue weighted by atomic mass is 32.9. The Hall–Kier alpha value is -3.50. The third kappa shape index (κ3) is 5.35. The minimum absolute atomic E-state index is 0.711. The molecule has 0 fully saturated rings. The van der Waals surface area contributed by atoms with Crippen LogP contribution in [-0.2, 0) is 11.8 Å². The number of para-hydroxylation sites is 2. The zero-order chi connectivity index (χ0) is 26.7. The van der Waals surface area contributed by atoms with Crippen LogP contribution in [-0.4, -0.2) is 44.1 Å². The smallest absolute Gasteiger partial charge is 0.316 e. The predicted octanol–water partition coefficient (Wildman–Crippen LogP) is 4.58. The summed E-state index contributed by atoms with van der Waals surface area (Å²) in [4.78, 5) is 2.74. The molecule has 6 aromatic rings. The fourth-order valence-corrected chi connectivity index (χ4v) is 13.4. The van der Waals surface area contributed by atoms with Gasteiger partial charge in [0.2, 0.25) is 0 Å². The van der Waals surface area contributed by atoms with Gasteiger partial charge in [-0.15, -0.1) is 10.2 Å². The molecule has 0 bridgehead atoms. The van der Waals surface area contributed by atoms with Crippen LogP contribution in [0.15, 0.2) is 109 Å². The van der Waals surface area contributed by atoms with Crippen molar-refractivity contribution >= 4 is 69.4 Å². The SMILES string of the molecule is C[Si](CCSP(=S)(On1nnc2ccccc21)On1nnc2ccccc21)(c1ccccc1)c1ccccc1. The summed E-state index contributed by atoms with van der Waals surface area (Å²) >= 11 is 7.61. The summed E-state index contributed by atoms with van der Waals surface area (Å²) in [5.41, 5.74) is -0.229. The van der Waals surface area contributed by atoms with Crippen molar-refractivity contribution in [3.05, 3.63) is 109 Å². The van der Waals surface area contributed by atoms with Gasteiger partial charge in [0.15, 0.2) is 0 Å². The van der Waals surface area contributed by atoms with Crippen LogP contribution in [0.1, 0.15) is 0 Å². The highest BCUT2D eigenvalue weighted by molar-refractivity contribution is 8.68. The fourth-order valence-electron chi connectivity index (χ4n) is 4.50. The van der Waals surface area contributed by atoms with Crippen molar-refractivity contribution in [1.82, 2.24) is 30.3 Å². The fraction of sp³-hybridized carbons (Fsp3) is 0.111. The first-order valence-electron chi connectivity index (χ1n) is 12.4. The van der Waals surface area contributed by atoms with E-state index in [1.54, 1.807) is 0 Å². The average molecular weight is 589 g/mol. The molecule has 0 saturated heterocycles. The van der Waals surface area contributed by atoms with E-state index in [4.69, 9.17) is 21.1 Å². The van der Waals surface area contributed by atoms with Crippen LogP contribution in [0.5, 0.6) is 0 Å². The Labute approximate surface area is 235 Å². The van der Waals surface area contributed by atoms with Crippen molar-refractivity contribution in [2.24, 2.45) is 0 Å². The van der Waals surface area contributed by atoms with Crippen LogP contribution in [0.3, 0.4) is 0 Å². The highest BCUT2D eigenvalue weighted by Crippen LogP contribution is 2.56. The molecule has 2 heterocycles. The van der Waals surface area contributed by atoms with E-state index in [0.29, 0.717) is 22.1 Å². The van der Waals surface area contributed by atoms with E-state index < -0.39 is 13.8 Å². The van der Waals surface area contributed by atoms with Crippen molar-refractivity contribution in [2.75, 3.05) is 5.75 Å². The van der Waals surface area contributed by atoms with E-state index in [0.717, 1.165) is 11.8 Å². The maximum atomic E-state index is 6.34. The average Bonchev–Trinajstić information content (AvgIpc) is 3.58. The third-order valence-corrected chi connectivity index (χ3v) is 16.2. The van der Waals surface area contributed by atoms with Gasteiger partial charge in [-0.05, 0) is 52.1 Å². The van der Waals surface area contributed by atoms with Gasteiger partial charge in [0.25, 0.3) is 0 Å². The molecule has 0 aliphatic carbocycles. The van der Waals surface area contributed by atoms with Gasteiger partial charge in [-0.2, -0.15) is 0 Å².